The highest BCUT2D eigenvalue weighted by molar-refractivity contribution is 5.98. The van der Waals surface area contributed by atoms with Crippen LogP contribution in [-0.4, -0.2) is 39.0 Å². The highest BCUT2D eigenvalue weighted by Crippen LogP contribution is 2.32. The number of aromatic hydroxyl groups is 1. The minimum absolute atomic E-state index is 0.00209. The van der Waals surface area contributed by atoms with Gasteiger partial charge >= 0.3 is 0 Å². The summed E-state index contributed by atoms with van der Waals surface area (Å²) in [6, 6.07) is 14.2. The molecular weight excluding hydrogens is 475 g/mol. The summed E-state index contributed by atoms with van der Waals surface area (Å²) in [4.78, 5) is 22.1. The van der Waals surface area contributed by atoms with E-state index in [1.54, 1.807) is 24.4 Å². The molecule has 0 saturated carbocycles. The summed E-state index contributed by atoms with van der Waals surface area (Å²) in [5.41, 5.74) is 7.99. The van der Waals surface area contributed by atoms with Crippen molar-refractivity contribution in [2.75, 3.05) is 5.73 Å². The van der Waals surface area contributed by atoms with E-state index in [1.165, 1.54) is 32.2 Å². The zero-order valence-corrected chi connectivity index (χ0v) is 19.1. The molecule has 37 heavy (non-hydrogen) atoms. The molecule has 0 spiro atoms. The lowest BCUT2D eigenvalue weighted by atomic mass is 10.1. The average Bonchev–Trinajstić information content (AvgIpc) is 3.47. The largest absolute Gasteiger partial charge is 0.508 e. The number of fused-ring (bicyclic) bond motifs is 2. The van der Waals surface area contributed by atoms with Crippen LogP contribution in [0.15, 0.2) is 71.9 Å². The van der Waals surface area contributed by atoms with E-state index in [-0.39, 0.29) is 40.4 Å². The molecule has 6 rings (SSSR count). The molecule has 2 aromatic carbocycles. The third-order valence-electron chi connectivity index (χ3n) is 5.93. The molecule has 0 aliphatic rings. The first-order valence-corrected chi connectivity index (χ1v) is 11.1. The number of phenolic OH excluding ortho intramolecular Hbond substituents is 1. The molecule has 0 fully saturated rings. The molecule has 0 bridgehead atoms. The Morgan fingerprint density at radius 1 is 1.08 bits per heavy atom. The van der Waals surface area contributed by atoms with Crippen LogP contribution in [0.2, 0.25) is 0 Å². The zero-order valence-electron chi connectivity index (χ0n) is 19.1. The Morgan fingerprint density at radius 2 is 1.89 bits per heavy atom. The van der Waals surface area contributed by atoms with E-state index in [0.717, 1.165) is 6.07 Å². The first-order valence-electron chi connectivity index (χ1n) is 11.1. The number of hydrogen-bond acceptors (Lipinski definition) is 7. The van der Waals surface area contributed by atoms with E-state index in [2.05, 4.69) is 26.1 Å². The Morgan fingerprint density at radius 3 is 2.65 bits per heavy atom. The number of hydrogen-bond donors (Lipinski definition) is 2. The molecule has 0 radical (unpaired) electrons. The van der Waals surface area contributed by atoms with Crippen LogP contribution in [0.5, 0.6) is 5.75 Å². The predicted octanol–water partition coefficient (Wildman–Crippen LogP) is 2.75. The summed E-state index contributed by atoms with van der Waals surface area (Å²) < 4.78 is 18.5. The second-order valence-electron chi connectivity index (χ2n) is 8.22. The monoisotopic (exact) mass is 492 g/mol. The summed E-state index contributed by atoms with van der Waals surface area (Å²) >= 11 is 0. The molecule has 10 nitrogen and oxygen atoms in total. The topological polar surface area (TPSA) is 129 Å². The zero-order chi connectivity index (χ0) is 25.7. The van der Waals surface area contributed by atoms with Gasteiger partial charge in [-0.3, -0.25) is 9.36 Å². The normalized spacial score (nSPS) is 11.2. The van der Waals surface area contributed by atoms with Gasteiger partial charge in [-0.2, -0.15) is 10.2 Å². The molecule has 11 heteroatoms. The number of halogens is 1. The van der Waals surface area contributed by atoms with Gasteiger partial charge in [-0.15, -0.1) is 6.42 Å². The van der Waals surface area contributed by atoms with Gasteiger partial charge in [-0.25, -0.2) is 23.6 Å². The van der Waals surface area contributed by atoms with Gasteiger partial charge in [0, 0.05) is 17.8 Å². The molecule has 4 aromatic heterocycles. The van der Waals surface area contributed by atoms with Crippen LogP contribution in [0.25, 0.3) is 33.5 Å². The van der Waals surface area contributed by atoms with Crippen LogP contribution in [-0.2, 0) is 6.54 Å². The molecule has 3 N–H and O–H groups in total. The summed E-state index contributed by atoms with van der Waals surface area (Å²) in [7, 11) is 0. The average molecular weight is 492 g/mol. The first-order chi connectivity index (χ1) is 17.9. The van der Waals surface area contributed by atoms with Gasteiger partial charge in [-0.1, -0.05) is 24.1 Å². The van der Waals surface area contributed by atoms with Crippen LogP contribution in [0, 0.1) is 18.2 Å². The number of aromatic nitrogens is 7. The number of terminal acetylenes is 1. The van der Waals surface area contributed by atoms with Crippen molar-refractivity contribution in [2.24, 2.45) is 0 Å². The fraction of sp³-hybridized carbons (Fsp3) is 0.0385. The fourth-order valence-electron chi connectivity index (χ4n) is 4.36. The molecule has 0 atom stereocenters. The van der Waals surface area contributed by atoms with Gasteiger partial charge in [0.2, 0.25) is 0 Å². The van der Waals surface area contributed by atoms with Gasteiger partial charge in [-0.05, 0) is 30.3 Å². The number of anilines is 1. The number of nitrogens with two attached hydrogens (primary N) is 1. The third kappa shape index (κ3) is 3.55. The third-order valence-corrected chi connectivity index (χ3v) is 5.93. The van der Waals surface area contributed by atoms with Crippen molar-refractivity contribution >= 4 is 22.4 Å². The lowest BCUT2D eigenvalue weighted by Gasteiger charge is -2.13. The van der Waals surface area contributed by atoms with Crippen LogP contribution in [0.3, 0.4) is 0 Å². The Hall–Kier alpha value is -5.50. The highest BCUT2D eigenvalue weighted by Gasteiger charge is 2.21. The number of phenols is 1. The Kier molecular flexibility index (Phi) is 4.94. The SMILES string of the molecule is C#Cc1ccn2nc(Cn3nc(-c4cc(O)cc(F)c4)c4c(N)ncnc43)n(-c3ccccc3)c(=O)c12. The Labute approximate surface area is 208 Å². The van der Waals surface area contributed by atoms with Crippen LogP contribution in [0.4, 0.5) is 10.2 Å². The van der Waals surface area contributed by atoms with E-state index in [0.29, 0.717) is 28.1 Å². The molecule has 0 aliphatic carbocycles. The maximum atomic E-state index is 14.1. The van der Waals surface area contributed by atoms with Crippen molar-refractivity contribution in [3.63, 3.8) is 0 Å². The molecule has 4 heterocycles. The summed E-state index contributed by atoms with van der Waals surface area (Å²) in [5, 5.41) is 19.6. The summed E-state index contributed by atoms with van der Waals surface area (Å²) in [5.74, 6) is 2.07. The predicted molar refractivity (Wildman–Crippen MR) is 135 cm³/mol. The number of nitrogens with zero attached hydrogens (tertiary/aromatic N) is 7. The van der Waals surface area contributed by atoms with Gasteiger partial charge in [0.1, 0.15) is 41.5 Å². The fourth-order valence-corrected chi connectivity index (χ4v) is 4.36. The van der Waals surface area contributed by atoms with Gasteiger partial charge < -0.3 is 10.8 Å². The summed E-state index contributed by atoms with van der Waals surface area (Å²) in [6.07, 6.45) is 8.52. The second kappa shape index (κ2) is 8.31. The highest BCUT2D eigenvalue weighted by atomic mass is 19.1. The smallest absolute Gasteiger partial charge is 0.283 e. The molecule has 0 aliphatic heterocycles. The Bertz CT molecular complexity index is 1910. The minimum atomic E-state index is -0.643. The van der Waals surface area contributed by atoms with Crippen molar-refractivity contribution < 1.29 is 9.50 Å². The Balaban J connectivity index is 1.61. The van der Waals surface area contributed by atoms with E-state index in [4.69, 9.17) is 12.2 Å². The molecule has 0 unspecified atom stereocenters. The van der Waals surface area contributed by atoms with Crippen molar-refractivity contribution in [3.05, 3.63) is 94.7 Å². The standard InChI is InChI=1S/C26H17FN8O2/c1-2-15-8-9-33-23(15)26(37)35(18-6-4-3-5-7-18)20(31-33)13-34-25-21(24(28)29-14-30-25)22(32-34)16-10-17(27)12-19(36)11-16/h1,3-12,14,36H,13H2,(H2,28,29,30). The van der Waals surface area contributed by atoms with Crippen LogP contribution >= 0.6 is 0 Å². The number of nitrogen functional groups attached to an aromatic ring is 1. The van der Waals surface area contributed by atoms with Crippen LogP contribution < -0.4 is 11.3 Å². The van der Waals surface area contributed by atoms with Crippen molar-refractivity contribution in [1.29, 1.82) is 0 Å². The maximum absolute atomic E-state index is 14.1. The quantitative estimate of drug-likeness (QED) is 0.362. The maximum Gasteiger partial charge on any atom is 0.283 e. The van der Waals surface area contributed by atoms with E-state index < -0.39 is 5.82 Å². The van der Waals surface area contributed by atoms with E-state index in [9.17, 15) is 14.3 Å². The summed E-state index contributed by atoms with van der Waals surface area (Å²) in [6.45, 7) is -0.00209. The molecule has 6 aromatic rings. The van der Waals surface area contributed by atoms with Gasteiger partial charge in [0.05, 0.1) is 16.6 Å². The van der Waals surface area contributed by atoms with Gasteiger partial charge in [0.25, 0.3) is 5.56 Å². The van der Waals surface area contributed by atoms with E-state index >= 15 is 0 Å². The van der Waals surface area contributed by atoms with Crippen molar-refractivity contribution in [3.8, 4) is 35.0 Å². The number of para-hydroxylation sites is 1. The molecule has 180 valence electrons. The van der Waals surface area contributed by atoms with Crippen molar-refractivity contribution in [2.45, 2.75) is 6.54 Å². The van der Waals surface area contributed by atoms with Gasteiger partial charge in [0.15, 0.2) is 11.5 Å². The minimum Gasteiger partial charge on any atom is -0.508 e. The lowest BCUT2D eigenvalue weighted by Crippen LogP contribution is -2.28. The molecule has 0 amide bonds. The second-order valence-corrected chi connectivity index (χ2v) is 8.22. The number of benzene rings is 2. The first kappa shape index (κ1) is 22.0. The molecular formula is C26H17FN8O2. The molecule has 0 saturated heterocycles. The van der Waals surface area contributed by atoms with E-state index in [1.807, 2.05) is 18.2 Å². The number of rotatable bonds is 4. The lowest BCUT2D eigenvalue weighted by molar-refractivity contribution is 0.469. The van der Waals surface area contributed by atoms with Crippen LogP contribution in [0.1, 0.15) is 11.4 Å². The van der Waals surface area contributed by atoms with Crippen molar-refractivity contribution in [1.82, 2.24) is 33.9 Å².